The number of ether oxygens (including phenoxy) is 3. The van der Waals surface area contributed by atoms with Gasteiger partial charge in [0, 0.05) is 17.4 Å². The Hall–Kier alpha value is -3.60. The van der Waals surface area contributed by atoms with E-state index in [4.69, 9.17) is 14.2 Å². The number of carbonyl (C=O) groups excluding carboxylic acids is 3. The highest BCUT2D eigenvalue weighted by Gasteiger charge is 2.30. The summed E-state index contributed by atoms with van der Waals surface area (Å²) in [7, 11) is -1.22. The molecule has 0 aliphatic carbocycles. The maximum atomic E-state index is 12.6. The fourth-order valence-corrected chi connectivity index (χ4v) is 3.80. The number of benzene rings is 2. The summed E-state index contributed by atoms with van der Waals surface area (Å²) in [5.74, 6) is -2.20. The molecule has 0 aliphatic rings. The van der Waals surface area contributed by atoms with Crippen LogP contribution in [0.15, 0.2) is 42.5 Å². The molecule has 0 bridgehead atoms. The minimum absolute atomic E-state index is 0.228. The topological polar surface area (TPSA) is 137 Å². The van der Waals surface area contributed by atoms with Crippen molar-refractivity contribution in [1.82, 2.24) is 0 Å². The number of amides is 2. The van der Waals surface area contributed by atoms with E-state index in [9.17, 15) is 22.8 Å². The number of sulfone groups is 1. The Kier molecular flexibility index (Phi) is 8.80. The van der Waals surface area contributed by atoms with Gasteiger partial charge in [0.25, 0.3) is 0 Å². The second kappa shape index (κ2) is 11.3. The molecule has 0 fully saturated rings. The third-order valence-corrected chi connectivity index (χ3v) is 6.53. The first kappa shape index (κ1) is 25.7. The van der Waals surface area contributed by atoms with E-state index in [1.165, 1.54) is 57.5 Å². The molecule has 0 saturated heterocycles. The van der Waals surface area contributed by atoms with Crippen LogP contribution in [-0.2, 0) is 24.2 Å². The largest absolute Gasteiger partial charge is 0.493 e. The molecule has 2 aromatic rings. The summed E-state index contributed by atoms with van der Waals surface area (Å²) in [6.07, 6.45) is 0. The Morgan fingerprint density at radius 2 is 1.52 bits per heavy atom. The van der Waals surface area contributed by atoms with Gasteiger partial charge in [-0.05, 0) is 50.2 Å². The van der Waals surface area contributed by atoms with Gasteiger partial charge in [0.15, 0.2) is 21.3 Å². The van der Waals surface area contributed by atoms with Crippen LogP contribution in [0.3, 0.4) is 0 Å². The van der Waals surface area contributed by atoms with Gasteiger partial charge < -0.3 is 24.8 Å². The quantitative estimate of drug-likeness (QED) is 0.496. The van der Waals surface area contributed by atoms with Crippen LogP contribution >= 0.6 is 0 Å². The predicted molar refractivity (Wildman–Crippen MR) is 122 cm³/mol. The van der Waals surface area contributed by atoms with Crippen LogP contribution in [0.2, 0.25) is 0 Å². The Labute approximate surface area is 192 Å². The summed E-state index contributed by atoms with van der Waals surface area (Å²) in [4.78, 5) is 36.4. The van der Waals surface area contributed by atoms with Gasteiger partial charge in [0.2, 0.25) is 11.8 Å². The fraction of sp³-hybridized carbons (Fsp3) is 0.318. The van der Waals surface area contributed by atoms with Crippen LogP contribution in [0.4, 0.5) is 11.4 Å². The van der Waals surface area contributed by atoms with E-state index in [0.29, 0.717) is 28.4 Å². The van der Waals surface area contributed by atoms with Crippen molar-refractivity contribution in [1.29, 1.82) is 0 Å². The smallest absolute Gasteiger partial charge is 0.338 e. The van der Waals surface area contributed by atoms with E-state index in [1.807, 2.05) is 0 Å². The van der Waals surface area contributed by atoms with Gasteiger partial charge in [0.1, 0.15) is 11.0 Å². The van der Waals surface area contributed by atoms with Crippen LogP contribution in [0.25, 0.3) is 0 Å². The van der Waals surface area contributed by atoms with Crippen molar-refractivity contribution in [3.8, 4) is 11.5 Å². The fourth-order valence-electron chi connectivity index (χ4n) is 2.73. The first-order valence-electron chi connectivity index (χ1n) is 9.92. The monoisotopic (exact) mass is 478 g/mol. The second-order valence-electron chi connectivity index (χ2n) is 6.85. The first-order valence-corrected chi connectivity index (χ1v) is 11.6. The molecule has 0 spiro atoms. The summed E-state index contributed by atoms with van der Waals surface area (Å²) in [5.41, 5.74) is 0.902. The summed E-state index contributed by atoms with van der Waals surface area (Å²) >= 11 is 0. The molecule has 2 amide bonds. The third kappa shape index (κ3) is 6.94. The summed E-state index contributed by atoms with van der Waals surface area (Å²) < 4.78 is 40.3. The molecule has 1 atom stereocenters. The molecule has 2 rings (SSSR count). The molecule has 0 aliphatic heterocycles. The van der Waals surface area contributed by atoms with Crippen LogP contribution in [0, 0.1) is 0 Å². The lowest BCUT2D eigenvalue weighted by molar-refractivity contribution is -0.115. The molecular weight excluding hydrogens is 452 g/mol. The van der Waals surface area contributed by atoms with Crippen molar-refractivity contribution in [3.05, 3.63) is 48.0 Å². The molecule has 1 unspecified atom stereocenters. The minimum atomic E-state index is -4.11. The zero-order chi connectivity index (χ0) is 24.6. The standard InChI is InChI=1S/C22H26N2O8S/c1-5-32-22(27)15-6-8-16(9-7-15)24-21(26)14(2)33(28,29)13-20(25)23-17-10-11-18(30-3)19(12-17)31-4/h6-12,14H,5,13H2,1-4H3,(H,23,25)(H,24,26). The molecule has 33 heavy (non-hydrogen) atoms. The van der Waals surface area contributed by atoms with Crippen molar-refractivity contribution in [2.75, 3.05) is 37.2 Å². The lowest BCUT2D eigenvalue weighted by Crippen LogP contribution is -2.37. The van der Waals surface area contributed by atoms with Gasteiger partial charge in [-0.2, -0.15) is 0 Å². The zero-order valence-electron chi connectivity index (χ0n) is 18.7. The van der Waals surface area contributed by atoms with Crippen molar-refractivity contribution >= 4 is 39.0 Å². The minimum Gasteiger partial charge on any atom is -0.493 e. The van der Waals surface area contributed by atoms with E-state index in [-0.39, 0.29) is 6.61 Å². The molecule has 0 heterocycles. The van der Waals surface area contributed by atoms with Crippen molar-refractivity contribution < 1.29 is 37.0 Å². The molecule has 0 saturated carbocycles. The number of carbonyl (C=O) groups is 3. The predicted octanol–water partition coefficient (Wildman–Crippen LogP) is 2.26. The van der Waals surface area contributed by atoms with E-state index in [0.717, 1.165) is 0 Å². The van der Waals surface area contributed by atoms with Crippen LogP contribution < -0.4 is 20.1 Å². The lowest BCUT2D eigenvalue weighted by Gasteiger charge is -2.14. The average molecular weight is 479 g/mol. The molecular formula is C22H26N2O8S. The molecule has 0 aromatic heterocycles. The van der Waals surface area contributed by atoms with E-state index in [2.05, 4.69) is 10.6 Å². The van der Waals surface area contributed by atoms with Gasteiger partial charge >= 0.3 is 5.97 Å². The zero-order valence-corrected chi connectivity index (χ0v) is 19.5. The molecule has 10 nitrogen and oxygen atoms in total. The summed E-state index contributed by atoms with van der Waals surface area (Å²) in [5, 5.41) is 3.44. The summed E-state index contributed by atoms with van der Waals surface area (Å²) in [6.45, 7) is 3.11. The number of anilines is 2. The Morgan fingerprint density at radius 1 is 0.909 bits per heavy atom. The van der Waals surface area contributed by atoms with Crippen LogP contribution in [-0.4, -0.2) is 58.0 Å². The van der Waals surface area contributed by atoms with Crippen LogP contribution in [0.5, 0.6) is 11.5 Å². The van der Waals surface area contributed by atoms with E-state index >= 15 is 0 Å². The van der Waals surface area contributed by atoms with Gasteiger partial charge in [-0.3, -0.25) is 9.59 Å². The average Bonchev–Trinajstić information content (AvgIpc) is 2.78. The highest BCUT2D eigenvalue weighted by Crippen LogP contribution is 2.29. The molecule has 11 heteroatoms. The Balaban J connectivity index is 2.00. The third-order valence-electron chi connectivity index (χ3n) is 4.57. The maximum Gasteiger partial charge on any atom is 0.338 e. The molecule has 2 N–H and O–H groups in total. The normalized spacial score (nSPS) is 11.8. The Bertz CT molecular complexity index is 1110. The molecule has 2 aromatic carbocycles. The van der Waals surface area contributed by atoms with Gasteiger partial charge in [-0.1, -0.05) is 0 Å². The second-order valence-corrected chi connectivity index (χ2v) is 9.18. The number of nitrogens with one attached hydrogen (secondary N) is 2. The van der Waals surface area contributed by atoms with E-state index in [1.54, 1.807) is 13.0 Å². The Morgan fingerprint density at radius 3 is 2.09 bits per heavy atom. The molecule has 178 valence electrons. The maximum absolute atomic E-state index is 12.6. The van der Waals surface area contributed by atoms with Crippen molar-refractivity contribution in [2.24, 2.45) is 0 Å². The summed E-state index contributed by atoms with van der Waals surface area (Å²) in [6, 6.07) is 10.4. The highest BCUT2D eigenvalue weighted by molar-refractivity contribution is 7.93. The van der Waals surface area contributed by atoms with Gasteiger partial charge in [-0.15, -0.1) is 0 Å². The SMILES string of the molecule is CCOC(=O)c1ccc(NC(=O)C(C)S(=O)(=O)CC(=O)Nc2ccc(OC)c(OC)c2)cc1. The van der Waals surface area contributed by atoms with E-state index < -0.39 is 38.6 Å². The number of hydrogen-bond donors (Lipinski definition) is 2. The van der Waals surface area contributed by atoms with Crippen LogP contribution in [0.1, 0.15) is 24.2 Å². The highest BCUT2D eigenvalue weighted by atomic mass is 32.2. The number of rotatable bonds is 10. The van der Waals surface area contributed by atoms with Crippen molar-refractivity contribution in [2.45, 2.75) is 19.1 Å². The molecule has 0 radical (unpaired) electrons. The van der Waals surface area contributed by atoms with Crippen molar-refractivity contribution in [3.63, 3.8) is 0 Å². The first-order chi connectivity index (χ1) is 15.6. The number of esters is 1. The lowest BCUT2D eigenvalue weighted by atomic mass is 10.2. The number of methoxy groups -OCH3 is 2. The van der Waals surface area contributed by atoms with Gasteiger partial charge in [-0.25, -0.2) is 13.2 Å². The van der Waals surface area contributed by atoms with Gasteiger partial charge in [0.05, 0.1) is 26.4 Å². The number of hydrogen-bond acceptors (Lipinski definition) is 8.